The summed E-state index contributed by atoms with van der Waals surface area (Å²) in [5, 5.41) is 8.53. The molecule has 4 rings (SSSR count). The predicted molar refractivity (Wildman–Crippen MR) is 115 cm³/mol. The van der Waals surface area contributed by atoms with E-state index in [1.807, 2.05) is 24.3 Å². The van der Waals surface area contributed by atoms with Crippen LogP contribution in [0.4, 0.5) is 11.4 Å². The molecule has 3 aromatic carbocycles. The molecule has 0 saturated carbocycles. The fraction of sp³-hybridized carbons (Fsp3) is 0.0952. The van der Waals surface area contributed by atoms with Crippen molar-refractivity contribution in [3.8, 4) is 0 Å². The molecule has 1 aromatic heterocycles. The zero-order chi connectivity index (χ0) is 21.1. The summed E-state index contributed by atoms with van der Waals surface area (Å²) in [6.07, 6.45) is 2.83. The maximum Gasteiger partial charge on any atom is 0.261 e. The Morgan fingerprint density at radius 2 is 1.67 bits per heavy atom. The van der Waals surface area contributed by atoms with Gasteiger partial charge in [-0.25, -0.2) is 18.1 Å². The number of fused-ring (bicyclic) bond motifs is 1. The SMILES string of the molecule is CC(C(=O)Nc1ccc(NS(=O)(=O)c2ccc3ccccc3c2)cc1)n1cncn1. The van der Waals surface area contributed by atoms with E-state index in [-0.39, 0.29) is 10.8 Å². The van der Waals surface area contributed by atoms with Gasteiger partial charge in [0.1, 0.15) is 18.7 Å². The van der Waals surface area contributed by atoms with Crippen LogP contribution >= 0.6 is 0 Å². The van der Waals surface area contributed by atoms with E-state index in [0.717, 1.165) is 10.8 Å². The molecule has 1 unspecified atom stereocenters. The third kappa shape index (κ3) is 4.15. The number of rotatable bonds is 6. The highest BCUT2D eigenvalue weighted by atomic mass is 32.2. The van der Waals surface area contributed by atoms with Gasteiger partial charge in [0.2, 0.25) is 5.91 Å². The van der Waals surface area contributed by atoms with E-state index < -0.39 is 16.1 Å². The zero-order valence-corrected chi connectivity index (χ0v) is 16.9. The lowest BCUT2D eigenvalue weighted by Crippen LogP contribution is -2.24. The number of benzene rings is 3. The lowest BCUT2D eigenvalue weighted by Gasteiger charge is -2.13. The van der Waals surface area contributed by atoms with Crippen LogP contribution in [0.25, 0.3) is 10.8 Å². The number of nitrogens with one attached hydrogen (secondary N) is 2. The average molecular weight is 421 g/mol. The fourth-order valence-electron chi connectivity index (χ4n) is 2.95. The van der Waals surface area contributed by atoms with E-state index >= 15 is 0 Å². The van der Waals surface area contributed by atoms with E-state index in [2.05, 4.69) is 20.1 Å². The Morgan fingerprint density at radius 1 is 0.967 bits per heavy atom. The fourth-order valence-corrected chi connectivity index (χ4v) is 4.05. The van der Waals surface area contributed by atoms with Crippen molar-refractivity contribution in [2.75, 3.05) is 10.0 Å². The third-order valence-electron chi connectivity index (χ3n) is 4.65. The standard InChI is InChI=1S/C21H19N5O3S/c1-15(26-14-22-13-23-26)21(27)24-18-7-9-19(10-8-18)25-30(28,29)20-11-6-16-4-2-3-5-17(16)12-20/h2-15,25H,1H3,(H,24,27). The quantitative estimate of drug-likeness (QED) is 0.496. The molecule has 1 amide bonds. The molecule has 152 valence electrons. The molecule has 1 heterocycles. The molecule has 0 saturated heterocycles. The van der Waals surface area contributed by atoms with Crippen LogP contribution in [0.3, 0.4) is 0 Å². The van der Waals surface area contributed by atoms with Gasteiger partial charge in [-0.15, -0.1) is 0 Å². The molecule has 8 nitrogen and oxygen atoms in total. The number of carbonyl (C=O) groups is 1. The first-order valence-corrected chi connectivity index (χ1v) is 10.7. The van der Waals surface area contributed by atoms with Crippen LogP contribution in [0.2, 0.25) is 0 Å². The number of carbonyl (C=O) groups excluding carboxylic acids is 1. The molecule has 0 radical (unpaired) electrons. The lowest BCUT2D eigenvalue weighted by atomic mass is 10.1. The highest BCUT2D eigenvalue weighted by Crippen LogP contribution is 2.22. The topological polar surface area (TPSA) is 106 Å². The van der Waals surface area contributed by atoms with Gasteiger partial charge in [0.25, 0.3) is 10.0 Å². The van der Waals surface area contributed by atoms with Crippen molar-refractivity contribution in [1.29, 1.82) is 0 Å². The normalized spacial score (nSPS) is 12.4. The second kappa shape index (κ2) is 7.96. The van der Waals surface area contributed by atoms with Gasteiger partial charge in [0.15, 0.2) is 0 Å². The van der Waals surface area contributed by atoms with E-state index in [1.165, 1.54) is 17.3 Å². The molecule has 9 heteroatoms. The smallest absolute Gasteiger partial charge is 0.261 e. The minimum atomic E-state index is -3.74. The summed E-state index contributed by atoms with van der Waals surface area (Å²) in [5.74, 6) is -0.259. The number of hydrogen-bond acceptors (Lipinski definition) is 5. The van der Waals surface area contributed by atoms with Crippen molar-refractivity contribution in [2.45, 2.75) is 17.9 Å². The molecular weight excluding hydrogens is 402 g/mol. The zero-order valence-electron chi connectivity index (χ0n) is 16.1. The third-order valence-corrected chi connectivity index (χ3v) is 6.03. The first kappa shape index (κ1) is 19.6. The van der Waals surface area contributed by atoms with Crippen LogP contribution in [0, 0.1) is 0 Å². The molecule has 1 atom stereocenters. The van der Waals surface area contributed by atoms with Crippen LogP contribution in [0.5, 0.6) is 0 Å². The molecule has 0 bridgehead atoms. The summed E-state index contributed by atoms with van der Waals surface area (Å²) in [7, 11) is -3.74. The molecular formula is C21H19N5O3S. The summed E-state index contributed by atoms with van der Waals surface area (Å²) in [4.78, 5) is 16.3. The van der Waals surface area contributed by atoms with Crippen molar-refractivity contribution in [2.24, 2.45) is 0 Å². The molecule has 0 aliphatic rings. The molecule has 0 fully saturated rings. The first-order chi connectivity index (χ1) is 14.4. The van der Waals surface area contributed by atoms with Gasteiger partial charge in [-0.2, -0.15) is 5.10 Å². The number of hydrogen-bond donors (Lipinski definition) is 2. The number of aromatic nitrogens is 3. The Balaban J connectivity index is 1.46. The Morgan fingerprint density at radius 3 is 2.37 bits per heavy atom. The van der Waals surface area contributed by atoms with Crippen molar-refractivity contribution in [1.82, 2.24) is 14.8 Å². The molecule has 2 N–H and O–H groups in total. The second-order valence-electron chi connectivity index (χ2n) is 6.73. The van der Waals surface area contributed by atoms with Gasteiger partial charge >= 0.3 is 0 Å². The van der Waals surface area contributed by atoms with Crippen molar-refractivity contribution in [3.05, 3.63) is 79.4 Å². The summed E-state index contributed by atoms with van der Waals surface area (Å²) in [6, 6.07) is 18.5. The molecule has 0 spiro atoms. The predicted octanol–water partition coefficient (Wildman–Crippen LogP) is 3.43. The number of amides is 1. The number of anilines is 2. The first-order valence-electron chi connectivity index (χ1n) is 9.19. The van der Waals surface area contributed by atoms with E-state index in [1.54, 1.807) is 49.4 Å². The van der Waals surface area contributed by atoms with E-state index in [4.69, 9.17) is 0 Å². The largest absolute Gasteiger partial charge is 0.324 e. The van der Waals surface area contributed by atoms with E-state index in [0.29, 0.717) is 11.4 Å². The Labute approximate surface area is 173 Å². The molecule has 0 aliphatic heterocycles. The number of nitrogens with zero attached hydrogens (tertiary/aromatic N) is 3. The minimum Gasteiger partial charge on any atom is -0.324 e. The van der Waals surface area contributed by atoms with Crippen molar-refractivity contribution in [3.63, 3.8) is 0 Å². The van der Waals surface area contributed by atoms with Gasteiger partial charge in [0.05, 0.1) is 4.90 Å². The molecule has 0 aliphatic carbocycles. The summed E-state index contributed by atoms with van der Waals surface area (Å²) in [6.45, 7) is 1.70. The van der Waals surface area contributed by atoms with Gasteiger partial charge in [-0.1, -0.05) is 30.3 Å². The Kier molecular flexibility index (Phi) is 5.20. The highest BCUT2D eigenvalue weighted by molar-refractivity contribution is 7.92. The average Bonchev–Trinajstić information content (AvgIpc) is 3.29. The maximum absolute atomic E-state index is 12.7. The summed E-state index contributed by atoms with van der Waals surface area (Å²) < 4.78 is 29.5. The number of sulfonamides is 1. The lowest BCUT2D eigenvalue weighted by molar-refractivity contribution is -0.119. The maximum atomic E-state index is 12.7. The minimum absolute atomic E-state index is 0.181. The van der Waals surface area contributed by atoms with Crippen LogP contribution in [0.1, 0.15) is 13.0 Å². The van der Waals surface area contributed by atoms with Gasteiger partial charge in [0, 0.05) is 11.4 Å². The van der Waals surface area contributed by atoms with Crippen LogP contribution in [-0.4, -0.2) is 29.1 Å². The summed E-state index contributed by atoms with van der Waals surface area (Å²) in [5.41, 5.74) is 0.936. The van der Waals surface area contributed by atoms with E-state index in [9.17, 15) is 13.2 Å². The van der Waals surface area contributed by atoms with Gasteiger partial charge < -0.3 is 5.32 Å². The van der Waals surface area contributed by atoms with Gasteiger partial charge in [-0.3, -0.25) is 9.52 Å². The van der Waals surface area contributed by atoms with Crippen molar-refractivity contribution >= 4 is 38.1 Å². The molecule has 30 heavy (non-hydrogen) atoms. The summed E-state index contributed by atoms with van der Waals surface area (Å²) >= 11 is 0. The second-order valence-corrected chi connectivity index (χ2v) is 8.41. The highest BCUT2D eigenvalue weighted by Gasteiger charge is 2.17. The Hall–Kier alpha value is -3.72. The monoisotopic (exact) mass is 421 g/mol. The van der Waals surface area contributed by atoms with Gasteiger partial charge in [-0.05, 0) is 54.1 Å². The van der Waals surface area contributed by atoms with Crippen LogP contribution in [0.15, 0.2) is 84.3 Å². The molecule has 4 aromatic rings. The van der Waals surface area contributed by atoms with Crippen molar-refractivity contribution < 1.29 is 13.2 Å². The van der Waals surface area contributed by atoms with Crippen LogP contribution in [-0.2, 0) is 14.8 Å². The van der Waals surface area contributed by atoms with Crippen LogP contribution < -0.4 is 10.0 Å². The Bertz CT molecular complexity index is 1290.